The van der Waals surface area contributed by atoms with Gasteiger partial charge in [-0.1, -0.05) is 15.9 Å². The zero-order valence-corrected chi connectivity index (χ0v) is 14.3. The van der Waals surface area contributed by atoms with E-state index in [4.69, 9.17) is 4.74 Å². The molecular weight excluding hydrogens is 318 g/mol. The van der Waals surface area contributed by atoms with Gasteiger partial charge < -0.3 is 10.1 Å². The molecule has 0 aliphatic heterocycles. The van der Waals surface area contributed by atoms with E-state index in [0.717, 1.165) is 38.4 Å². The highest BCUT2D eigenvalue weighted by Gasteiger charge is 2.20. The number of aryl methyl sites for hydroxylation is 1. The number of nitrogens with one attached hydrogen (secondary N) is 1. The number of hydrogen-bond donors (Lipinski definition) is 1. The molecule has 0 unspecified atom stereocenters. The molecule has 1 N–H and O–H groups in total. The lowest BCUT2D eigenvalue weighted by atomic mass is 9.96. The van der Waals surface area contributed by atoms with E-state index in [2.05, 4.69) is 47.1 Å². The molecule has 0 radical (unpaired) electrons. The van der Waals surface area contributed by atoms with Crippen LogP contribution in [0.4, 0.5) is 5.82 Å². The topological polar surface area (TPSA) is 39.1 Å². The Hall–Kier alpha value is -1.49. The summed E-state index contributed by atoms with van der Waals surface area (Å²) in [6, 6.07) is 2.03. The fourth-order valence-electron chi connectivity index (χ4n) is 2.47. The minimum absolute atomic E-state index is 0.846. The first-order valence-corrected chi connectivity index (χ1v) is 7.27. The maximum Gasteiger partial charge on any atom is 0.148 e. The second-order valence-electron chi connectivity index (χ2n) is 4.89. The van der Waals surface area contributed by atoms with Crippen LogP contribution in [0.5, 0.6) is 5.75 Å². The number of benzene rings is 1. The van der Waals surface area contributed by atoms with Crippen molar-refractivity contribution in [2.45, 2.75) is 20.8 Å². The smallest absolute Gasteiger partial charge is 0.148 e. The van der Waals surface area contributed by atoms with Gasteiger partial charge >= 0.3 is 0 Å². The summed E-state index contributed by atoms with van der Waals surface area (Å²) >= 11 is 3.69. The summed E-state index contributed by atoms with van der Waals surface area (Å²) in [5.74, 6) is 1.76. The first-order valence-electron chi connectivity index (χ1n) is 6.47. The van der Waals surface area contributed by atoms with Crippen molar-refractivity contribution in [2.75, 3.05) is 19.5 Å². The Balaban J connectivity index is 2.82. The lowest BCUT2D eigenvalue weighted by molar-refractivity contribution is 0.412. The highest BCUT2D eigenvalue weighted by atomic mass is 79.9. The fraction of sp³-hybridized carbons (Fsp3) is 0.400. The Kier molecular flexibility index (Phi) is 4.09. The van der Waals surface area contributed by atoms with Crippen LogP contribution in [0.1, 0.15) is 16.7 Å². The maximum absolute atomic E-state index is 5.66. The second kappa shape index (κ2) is 5.48. The number of halogens is 1. The molecule has 0 bridgehead atoms. The zero-order chi connectivity index (χ0) is 15.0. The average Bonchev–Trinajstić information content (AvgIpc) is 2.81. The van der Waals surface area contributed by atoms with Crippen LogP contribution >= 0.6 is 15.9 Å². The van der Waals surface area contributed by atoms with E-state index in [0.29, 0.717) is 0 Å². The van der Waals surface area contributed by atoms with Crippen molar-refractivity contribution in [3.05, 3.63) is 27.2 Å². The first-order chi connectivity index (χ1) is 9.42. The predicted octanol–water partition coefficient (Wildman–Crippen LogP) is 3.83. The van der Waals surface area contributed by atoms with Crippen molar-refractivity contribution in [2.24, 2.45) is 7.05 Å². The van der Waals surface area contributed by atoms with Crippen molar-refractivity contribution in [3.8, 4) is 17.0 Å². The minimum atomic E-state index is 0.846. The molecular formula is C15H20BrN3O. The molecule has 0 aliphatic carbocycles. The van der Waals surface area contributed by atoms with Crippen molar-refractivity contribution in [1.82, 2.24) is 9.78 Å². The predicted molar refractivity (Wildman–Crippen MR) is 86.7 cm³/mol. The number of rotatable bonds is 3. The Morgan fingerprint density at radius 3 is 2.35 bits per heavy atom. The van der Waals surface area contributed by atoms with E-state index < -0.39 is 0 Å². The standard InChI is InChI=1S/C15H20BrN3O/c1-8-9(2)15(20-6)13(10(3)14(8)16)11-7-12(17-4)18-19(11)5/h7H,1-6H3,(H,17,18). The van der Waals surface area contributed by atoms with Crippen molar-refractivity contribution >= 4 is 21.7 Å². The molecule has 1 aromatic heterocycles. The Bertz CT molecular complexity index is 662. The van der Waals surface area contributed by atoms with Crippen molar-refractivity contribution < 1.29 is 4.74 Å². The lowest BCUT2D eigenvalue weighted by Crippen LogP contribution is -2.02. The van der Waals surface area contributed by atoms with Crippen LogP contribution in [-0.2, 0) is 7.05 Å². The highest BCUT2D eigenvalue weighted by molar-refractivity contribution is 9.10. The van der Waals surface area contributed by atoms with Gasteiger partial charge in [0.1, 0.15) is 11.6 Å². The van der Waals surface area contributed by atoms with Gasteiger partial charge in [-0.3, -0.25) is 4.68 Å². The van der Waals surface area contributed by atoms with E-state index in [1.54, 1.807) is 7.11 Å². The maximum atomic E-state index is 5.66. The number of hydrogen-bond acceptors (Lipinski definition) is 3. The molecule has 4 nitrogen and oxygen atoms in total. The SMILES string of the molecule is CNc1cc(-c2c(C)c(Br)c(C)c(C)c2OC)n(C)n1. The number of ether oxygens (including phenoxy) is 1. The molecule has 5 heteroatoms. The molecule has 1 heterocycles. The molecule has 2 rings (SSSR count). The van der Waals surface area contributed by atoms with Crippen molar-refractivity contribution in [3.63, 3.8) is 0 Å². The Morgan fingerprint density at radius 2 is 1.85 bits per heavy atom. The molecule has 1 aromatic carbocycles. The largest absolute Gasteiger partial charge is 0.496 e. The van der Waals surface area contributed by atoms with Crippen LogP contribution < -0.4 is 10.1 Å². The van der Waals surface area contributed by atoms with E-state index in [-0.39, 0.29) is 0 Å². The van der Waals surface area contributed by atoms with E-state index >= 15 is 0 Å². The average molecular weight is 338 g/mol. The third-order valence-corrected chi connectivity index (χ3v) is 4.95. The van der Waals surface area contributed by atoms with E-state index in [9.17, 15) is 0 Å². The van der Waals surface area contributed by atoms with Gasteiger partial charge in [-0.25, -0.2) is 0 Å². The fourth-order valence-corrected chi connectivity index (χ4v) is 2.97. The van der Waals surface area contributed by atoms with Crippen molar-refractivity contribution in [1.29, 1.82) is 0 Å². The molecule has 2 aromatic rings. The van der Waals surface area contributed by atoms with E-state index in [1.165, 1.54) is 5.56 Å². The third kappa shape index (κ3) is 2.20. The van der Waals surface area contributed by atoms with Crippen LogP contribution in [0.3, 0.4) is 0 Å². The van der Waals surface area contributed by atoms with Gasteiger partial charge in [0.15, 0.2) is 0 Å². The van der Waals surface area contributed by atoms with Gasteiger partial charge in [-0.05, 0) is 37.5 Å². The number of methoxy groups -OCH3 is 1. The van der Waals surface area contributed by atoms with Crippen LogP contribution in [0.25, 0.3) is 11.3 Å². The molecule has 0 fully saturated rings. The van der Waals surface area contributed by atoms with Crippen LogP contribution in [-0.4, -0.2) is 23.9 Å². The zero-order valence-electron chi connectivity index (χ0n) is 12.8. The van der Waals surface area contributed by atoms with Crippen LogP contribution in [0.15, 0.2) is 10.5 Å². The van der Waals surface area contributed by atoms with Gasteiger partial charge in [0.05, 0.1) is 12.8 Å². The number of nitrogens with zero attached hydrogens (tertiary/aromatic N) is 2. The highest BCUT2D eigenvalue weighted by Crippen LogP contribution is 2.42. The molecule has 20 heavy (non-hydrogen) atoms. The summed E-state index contributed by atoms with van der Waals surface area (Å²) < 4.78 is 8.66. The third-order valence-electron chi connectivity index (χ3n) is 3.76. The molecule has 108 valence electrons. The molecule has 0 aliphatic rings. The summed E-state index contributed by atoms with van der Waals surface area (Å²) in [6.07, 6.45) is 0. The first kappa shape index (κ1) is 14.9. The Labute approximate surface area is 128 Å². The summed E-state index contributed by atoms with van der Waals surface area (Å²) in [5.41, 5.74) is 5.63. The van der Waals surface area contributed by atoms with Gasteiger partial charge in [0.2, 0.25) is 0 Å². The lowest BCUT2D eigenvalue weighted by Gasteiger charge is -2.18. The summed E-state index contributed by atoms with van der Waals surface area (Å²) in [7, 11) is 5.53. The van der Waals surface area contributed by atoms with E-state index in [1.807, 2.05) is 24.8 Å². The molecule has 0 amide bonds. The normalized spacial score (nSPS) is 10.8. The summed E-state index contributed by atoms with van der Waals surface area (Å²) in [6.45, 7) is 6.28. The monoisotopic (exact) mass is 337 g/mol. The molecule has 0 saturated heterocycles. The number of anilines is 1. The molecule has 0 spiro atoms. The van der Waals surface area contributed by atoms with Gasteiger partial charge in [-0.15, -0.1) is 0 Å². The van der Waals surface area contributed by atoms with Gasteiger partial charge in [0, 0.05) is 30.2 Å². The van der Waals surface area contributed by atoms with Gasteiger partial charge in [0.25, 0.3) is 0 Å². The summed E-state index contributed by atoms with van der Waals surface area (Å²) in [4.78, 5) is 0. The molecule has 0 saturated carbocycles. The van der Waals surface area contributed by atoms with Gasteiger partial charge in [-0.2, -0.15) is 5.10 Å². The number of aromatic nitrogens is 2. The minimum Gasteiger partial charge on any atom is -0.496 e. The summed E-state index contributed by atoms with van der Waals surface area (Å²) in [5, 5.41) is 7.51. The quantitative estimate of drug-likeness (QED) is 0.925. The van der Waals surface area contributed by atoms with Crippen LogP contribution in [0.2, 0.25) is 0 Å². The Morgan fingerprint density at radius 1 is 1.20 bits per heavy atom. The molecule has 0 atom stereocenters. The second-order valence-corrected chi connectivity index (χ2v) is 5.68. The van der Waals surface area contributed by atoms with Crippen LogP contribution in [0, 0.1) is 20.8 Å².